The third kappa shape index (κ3) is 3.63. The number of carbonyl (C=O) groups is 1. The Hall–Kier alpha value is -1.50. The van der Waals surface area contributed by atoms with Crippen molar-refractivity contribution in [2.75, 3.05) is 6.54 Å². The zero-order chi connectivity index (χ0) is 16.6. The summed E-state index contributed by atoms with van der Waals surface area (Å²) in [5, 5.41) is 0. The normalized spacial score (nSPS) is 20.6. The molecule has 0 saturated heterocycles. The van der Waals surface area contributed by atoms with Crippen LogP contribution in [0, 0.1) is 0 Å². The van der Waals surface area contributed by atoms with Gasteiger partial charge in [0.2, 0.25) is 5.92 Å². The van der Waals surface area contributed by atoms with Crippen LogP contribution in [0.25, 0.3) is 0 Å². The fraction of sp³-hybridized carbons (Fsp3) is 0.733. The maximum absolute atomic E-state index is 13.4. The third-order valence-corrected chi connectivity index (χ3v) is 4.06. The van der Waals surface area contributed by atoms with Crippen LogP contribution in [-0.2, 0) is 10.2 Å². The van der Waals surface area contributed by atoms with E-state index in [9.17, 15) is 13.6 Å². The van der Waals surface area contributed by atoms with E-state index in [4.69, 9.17) is 10.5 Å². The van der Waals surface area contributed by atoms with Gasteiger partial charge in [-0.25, -0.2) is 23.1 Å². The molecule has 0 bridgehead atoms. The third-order valence-electron chi connectivity index (χ3n) is 4.06. The maximum Gasteiger partial charge on any atom is 0.419 e. The van der Waals surface area contributed by atoms with Crippen molar-refractivity contribution in [3.8, 4) is 0 Å². The Balaban J connectivity index is 2.17. The first-order valence-electron chi connectivity index (χ1n) is 7.43. The molecule has 1 aliphatic carbocycles. The van der Waals surface area contributed by atoms with E-state index in [0.717, 1.165) is 0 Å². The molecule has 7 heteroatoms. The number of alkyl halides is 2. The number of halogens is 2. The number of hydrogen-bond donors (Lipinski definition) is 1. The van der Waals surface area contributed by atoms with Gasteiger partial charge in [0.05, 0.1) is 5.69 Å². The highest BCUT2D eigenvalue weighted by Crippen LogP contribution is 2.44. The fourth-order valence-electron chi connectivity index (χ4n) is 2.67. The minimum absolute atomic E-state index is 0.205. The molecule has 0 atom stereocenters. The fourth-order valence-corrected chi connectivity index (χ4v) is 2.67. The lowest BCUT2D eigenvalue weighted by Gasteiger charge is -2.38. The van der Waals surface area contributed by atoms with Gasteiger partial charge in [-0.3, -0.25) is 0 Å². The second-order valence-corrected chi connectivity index (χ2v) is 6.99. The van der Waals surface area contributed by atoms with Crippen LogP contribution in [0.2, 0.25) is 0 Å². The van der Waals surface area contributed by atoms with Crippen molar-refractivity contribution < 1.29 is 18.3 Å². The van der Waals surface area contributed by atoms with E-state index < -0.39 is 23.0 Å². The molecule has 5 nitrogen and oxygen atoms in total. The zero-order valence-electron chi connectivity index (χ0n) is 13.2. The summed E-state index contributed by atoms with van der Waals surface area (Å²) in [7, 11) is 0. The molecule has 2 rings (SSSR count). The van der Waals surface area contributed by atoms with Crippen LogP contribution >= 0.6 is 0 Å². The molecule has 1 aromatic heterocycles. The van der Waals surface area contributed by atoms with Crippen molar-refractivity contribution in [2.45, 2.75) is 63.4 Å². The number of imidazole rings is 1. The van der Waals surface area contributed by atoms with E-state index in [0.29, 0.717) is 5.69 Å². The second kappa shape index (κ2) is 5.61. The summed E-state index contributed by atoms with van der Waals surface area (Å²) in [6.45, 7) is 5.54. The Bertz CT molecular complexity index is 539. The zero-order valence-corrected chi connectivity index (χ0v) is 13.2. The molecule has 1 aliphatic rings. The number of carbonyl (C=O) groups excluding carboxylic acids is 1. The number of ether oxygens (including phenoxy) is 1. The Morgan fingerprint density at radius 3 is 2.45 bits per heavy atom. The second-order valence-electron chi connectivity index (χ2n) is 6.99. The van der Waals surface area contributed by atoms with Gasteiger partial charge in [-0.15, -0.1) is 0 Å². The quantitative estimate of drug-likeness (QED) is 0.910. The summed E-state index contributed by atoms with van der Waals surface area (Å²) in [5.41, 5.74) is 5.22. The largest absolute Gasteiger partial charge is 0.443 e. The maximum atomic E-state index is 13.4. The van der Waals surface area contributed by atoms with E-state index in [2.05, 4.69) is 4.98 Å². The monoisotopic (exact) mass is 315 g/mol. The number of hydrogen-bond acceptors (Lipinski definition) is 4. The van der Waals surface area contributed by atoms with Crippen LogP contribution in [0.3, 0.4) is 0 Å². The van der Waals surface area contributed by atoms with Crippen molar-refractivity contribution in [1.82, 2.24) is 9.55 Å². The molecule has 124 valence electrons. The van der Waals surface area contributed by atoms with Crippen molar-refractivity contribution in [3.63, 3.8) is 0 Å². The molecule has 0 radical (unpaired) electrons. The van der Waals surface area contributed by atoms with Gasteiger partial charge in [0.15, 0.2) is 0 Å². The summed E-state index contributed by atoms with van der Waals surface area (Å²) >= 11 is 0. The van der Waals surface area contributed by atoms with Crippen LogP contribution < -0.4 is 5.73 Å². The molecule has 2 N–H and O–H groups in total. The van der Waals surface area contributed by atoms with Gasteiger partial charge in [0, 0.05) is 31.0 Å². The van der Waals surface area contributed by atoms with Gasteiger partial charge in [-0.2, -0.15) is 0 Å². The highest BCUT2D eigenvalue weighted by atomic mass is 19.3. The molecule has 22 heavy (non-hydrogen) atoms. The van der Waals surface area contributed by atoms with Gasteiger partial charge in [-0.05, 0) is 33.6 Å². The molecular weight excluding hydrogens is 292 g/mol. The lowest BCUT2D eigenvalue weighted by atomic mass is 9.71. The predicted molar refractivity (Wildman–Crippen MR) is 78.0 cm³/mol. The summed E-state index contributed by atoms with van der Waals surface area (Å²) in [6.07, 6.45) is 2.48. The smallest absolute Gasteiger partial charge is 0.419 e. The molecule has 0 aliphatic heterocycles. The van der Waals surface area contributed by atoms with Crippen molar-refractivity contribution in [1.29, 1.82) is 0 Å². The SMILES string of the molecule is CC(C)(C)OC(=O)n1cnc(C2(CN)CCC(F)(F)CC2)c1. The number of nitrogens with zero attached hydrogens (tertiary/aromatic N) is 2. The molecule has 1 aromatic rings. The van der Waals surface area contributed by atoms with E-state index >= 15 is 0 Å². The summed E-state index contributed by atoms with van der Waals surface area (Å²) in [4.78, 5) is 16.2. The van der Waals surface area contributed by atoms with E-state index in [1.165, 1.54) is 10.9 Å². The Morgan fingerprint density at radius 1 is 1.36 bits per heavy atom. The molecule has 1 fully saturated rings. The van der Waals surface area contributed by atoms with Crippen LogP contribution in [0.5, 0.6) is 0 Å². The average molecular weight is 315 g/mol. The molecule has 0 spiro atoms. The van der Waals surface area contributed by atoms with Gasteiger partial charge in [-0.1, -0.05) is 0 Å². The highest BCUT2D eigenvalue weighted by molar-refractivity contribution is 5.70. The molecule has 1 heterocycles. The molecular formula is C15H23F2N3O2. The van der Waals surface area contributed by atoms with E-state index in [1.807, 2.05) is 0 Å². The van der Waals surface area contributed by atoms with Gasteiger partial charge in [0.25, 0.3) is 0 Å². The van der Waals surface area contributed by atoms with Gasteiger partial charge in [0.1, 0.15) is 11.9 Å². The van der Waals surface area contributed by atoms with E-state index in [1.54, 1.807) is 27.0 Å². The summed E-state index contributed by atoms with van der Waals surface area (Å²) in [6, 6.07) is 0. The number of nitrogens with two attached hydrogens (primary N) is 1. The van der Waals surface area contributed by atoms with Gasteiger partial charge < -0.3 is 10.5 Å². The molecule has 0 amide bonds. The first-order valence-corrected chi connectivity index (χ1v) is 7.43. The minimum atomic E-state index is -2.63. The van der Waals surface area contributed by atoms with Gasteiger partial charge >= 0.3 is 6.09 Å². The van der Waals surface area contributed by atoms with Crippen LogP contribution in [0.4, 0.5) is 13.6 Å². The highest BCUT2D eigenvalue weighted by Gasteiger charge is 2.44. The van der Waals surface area contributed by atoms with Crippen molar-refractivity contribution >= 4 is 6.09 Å². The van der Waals surface area contributed by atoms with Crippen molar-refractivity contribution in [3.05, 3.63) is 18.2 Å². The summed E-state index contributed by atoms with van der Waals surface area (Å²) in [5.74, 6) is -2.63. The lowest BCUT2D eigenvalue weighted by Crippen LogP contribution is -2.42. The number of rotatable bonds is 2. The molecule has 0 unspecified atom stereocenters. The molecule has 1 saturated carbocycles. The lowest BCUT2D eigenvalue weighted by molar-refractivity contribution is -0.0514. The standard InChI is InChI=1S/C15H23F2N3O2/c1-13(2,3)22-12(21)20-8-11(19-10-20)14(9-18)4-6-15(16,17)7-5-14/h8,10H,4-7,9,18H2,1-3H3. The first kappa shape index (κ1) is 16.9. The topological polar surface area (TPSA) is 70.1 Å². The van der Waals surface area contributed by atoms with Crippen molar-refractivity contribution in [2.24, 2.45) is 5.73 Å². The minimum Gasteiger partial charge on any atom is -0.443 e. The summed E-state index contributed by atoms with van der Waals surface area (Å²) < 4.78 is 33.3. The van der Waals surface area contributed by atoms with E-state index in [-0.39, 0.29) is 32.2 Å². The van der Waals surface area contributed by atoms with Crippen LogP contribution in [0.15, 0.2) is 12.5 Å². The number of aromatic nitrogens is 2. The Morgan fingerprint density at radius 2 is 1.95 bits per heavy atom. The van der Waals surface area contributed by atoms with Crippen LogP contribution in [-0.4, -0.2) is 33.7 Å². The average Bonchev–Trinajstić information content (AvgIpc) is 2.88. The predicted octanol–water partition coefficient (Wildman–Crippen LogP) is 3.07. The Labute approximate surface area is 128 Å². The Kier molecular flexibility index (Phi) is 4.30. The first-order chi connectivity index (χ1) is 10.1. The molecule has 0 aromatic carbocycles. The van der Waals surface area contributed by atoms with Crippen LogP contribution in [0.1, 0.15) is 52.1 Å².